The first-order chi connectivity index (χ1) is 13.3. The quantitative estimate of drug-likeness (QED) is 0.533. The molecule has 7 nitrogen and oxygen atoms in total. The normalized spacial score (nSPS) is 11.6. The van der Waals surface area contributed by atoms with E-state index >= 15 is 0 Å². The van der Waals surface area contributed by atoms with Crippen LogP contribution in [-0.2, 0) is 9.53 Å². The van der Waals surface area contributed by atoms with Crippen LogP contribution < -0.4 is 15.4 Å². The van der Waals surface area contributed by atoms with Gasteiger partial charge in [0.15, 0.2) is 6.61 Å². The van der Waals surface area contributed by atoms with E-state index < -0.39 is 12.1 Å². The highest BCUT2D eigenvalue weighted by molar-refractivity contribution is 5.70. The lowest BCUT2D eigenvalue weighted by atomic mass is 10.0. The summed E-state index contributed by atoms with van der Waals surface area (Å²) in [6.45, 7) is 4.24. The molecule has 0 aliphatic rings. The number of carbonyl (C=O) groups excluding carboxylic acids is 1. The lowest BCUT2D eigenvalue weighted by Gasteiger charge is -2.31. The number of ether oxygens (including phenoxy) is 2. The maximum absolute atomic E-state index is 11.2. The van der Waals surface area contributed by atoms with Gasteiger partial charge in [-0.05, 0) is 55.8 Å². The van der Waals surface area contributed by atoms with Gasteiger partial charge in [0.1, 0.15) is 11.8 Å². The average Bonchev–Trinajstić information content (AvgIpc) is 2.70. The zero-order valence-electron chi connectivity index (χ0n) is 16.3. The molecule has 2 aromatic carbocycles. The first-order valence-corrected chi connectivity index (χ1v) is 8.89. The number of nitrogens with zero attached hydrogens (tertiary/aromatic N) is 2. The Hall–Kier alpha value is -3.24. The summed E-state index contributed by atoms with van der Waals surface area (Å²) in [6, 6.07) is 14.4. The van der Waals surface area contributed by atoms with Crippen molar-refractivity contribution in [2.24, 2.45) is 0 Å². The molecule has 0 fully saturated rings. The minimum atomic E-state index is -0.787. The van der Waals surface area contributed by atoms with E-state index in [4.69, 9.17) is 15.7 Å². The smallest absolute Gasteiger partial charge is 0.343 e. The molecule has 0 aliphatic heterocycles. The van der Waals surface area contributed by atoms with Crippen LogP contribution in [0, 0.1) is 11.3 Å². The van der Waals surface area contributed by atoms with E-state index in [0.29, 0.717) is 29.1 Å². The summed E-state index contributed by atoms with van der Waals surface area (Å²) in [7, 11) is 1.31. The summed E-state index contributed by atoms with van der Waals surface area (Å²) < 4.78 is 9.90. The predicted octanol–water partition coefficient (Wildman–Crippen LogP) is 2.64. The number of rotatable bonds is 8. The summed E-state index contributed by atoms with van der Waals surface area (Å²) >= 11 is 0. The summed E-state index contributed by atoms with van der Waals surface area (Å²) in [6.07, 6.45) is -0.787. The molecule has 0 saturated carbocycles. The van der Waals surface area contributed by atoms with E-state index in [0.717, 1.165) is 5.69 Å². The molecule has 0 saturated heterocycles. The number of aliphatic hydroxyl groups excluding tert-OH is 1. The number of aliphatic hydroxyl groups is 1. The molecule has 2 aromatic rings. The van der Waals surface area contributed by atoms with Gasteiger partial charge in [0.25, 0.3) is 0 Å². The molecule has 1 atom stereocenters. The molecule has 148 valence electrons. The van der Waals surface area contributed by atoms with E-state index in [-0.39, 0.29) is 12.6 Å². The predicted molar refractivity (Wildman–Crippen MR) is 107 cm³/mol. The van der Waals surface area contributed by atoms with Crippen LogP contribution in [0.2, 0.25) is 0 Å². The van der Waals surface area contributed by atoms with Crippen molar-refractivity contribution < 1.29 is 19.4 Å². The SMILES string of the molecule is COC(=O)COc1ccc(N(CC(O)c2ccc(N)c(C#N)c2)C(C)C)cc1. The van der Waals surface area contributed by atoms with Gasteiger partial charge in [-0.1, -0.05) is 6.07 Å². The third-order valence-corrected chi connectivity index (χ3v) is 4.33. The van der Waals surface area contributed by atoms with Crippen molar-refractivity contribution in [2.45, 2.75) is 26.0 Å². The van der Waals surface area contributed by atoms with Crippen LogP contribution in [0.1, 0.15) is 31.1 Å². The van der Waals surface area contributed by atoms with Gasteiger partial charge in [-0.3, -0.25) is 0 Å². The second-order valence-corrected chi connectivity index (χ2v) is 6.58. The molecule has 3 N–H and O–H groups in total. The van der Waals surface area contributed by atoms with Gasteiger partial charge in [0.2, 0.25) is 0 Å². The van der Waals surface area contributed by atoms with Gasteiger partial charge in [0, 0.05) is 24.0 Å². The molecule has 0 heterocycles. The number of nitrogen functional groups attached to an aromatic ring is 1. The largest absolute Gasteiger partial charge is 0.482 e. The number of nitrogens with two attached hydrogens (primary N) is 1. The number of methoxy groups -OCH3 is 1. The molecule has 0 spiro atoms. The molecule has 7 heteroatoms. The molecule has 0 amide bonds. The number of hydrogen-bond donors (Lipinski definition) is 2. The van der Waals surface area contributed by atoms with Crippen molar-refractivity contribution in [3.8, 4) is 11.8 Å². The molecule has 0 radical (unpaired) electrons. The van der Waals surface area contributed by atoms with Crippen molar-refractivity contribution in [3.05, 3.63) is 53.6 Å². The molecule has 2 rings (SSSR count). The van der Waals surface area contributed by atoms with Gasteiger partial charge >= 0.3 is 5.97 Å². The van der Waals surface area contributed by atoms with Crippen LogP contribution >= 0.6 is 0 Å². The Labute approximate surface area is 164 Å². The molecule has 28 heavy (non-hydrogen) atoms. The molecule has 1 unspecified atom stereocenters. The fourth-order valence-corrected chi connectivity index (χ4v) is 2.72. The standard InChI is InChI=1S/C21H25N3O4/c1-14(2)24(12-20(25)15-4-9-19(23)16(10-15)11-22)17-5-7-18(8-6-17)28-13-21(26)27-3/h4-10,14,20,25H,12-13,23H2,1-3H3. The van der Waals surface area contributed by atoms with Gasteiger partial charge in [0.05, 0.1) is 18.8 Å². The molecule has 0 aromatic heterocycles. The fraction of sp³-hybridized carbons (Fsp3) is 0.333. The van der Waals surface area contributed by atoms with E-state index in [1.807, 2.05) is 36.9 Å². The summed E-state index contributed by atoms with van der Waals surface area (Å²) in [4.78, 5) is 13.2. The van der Waals surface area contributed by atoms with Crippen LogP contribution in [0.25, 0.3) is 0 Å². The minimum absolute atomic E-state index is 0.126. The van der Waals surface area contributed by atoms with Gasteiger partial charge in [-0.2, -0.15) is 5.26 Å². The highest BCUT2D eigenvalue weighted by Crippen LogP contribution is 2.26. The van der Waals surface area contributed by atoms with Crippen molar-refractivity contribution >= 4 is 17.3 Å². The van der Waals surface area contributed by atoms with Crippen molar-refractivity contribution in [1.29, 1.82) is 5.26 Å². The lowest BCUT2D eigenvalue weighted by molar-refractivity contribution is -0.142. The molecular formula is C21H25N3O4. The minimum Gasteiger partial charge on any atom is -0.482 e. The van der Waals surface area contributed by atoms with Crippen LogP contribution in [-0.4, -0.2) is 37.4 Å². The monoisotopic (exact) mass is 383 g/mol. The van der Waals surface area contributed by atoms with E-state index in [2.05, 4.69) is 4.74 Å². The molecular weight excluding hydrogens is 358 g/mol. The maximum Gasteiger partial charge on any atom is 0.343 e. The van der Waals surface area contributed by atoms with E-state index in [1.54, 1.807) is 30.3 Å². The Balaban J connectivity index is 2.12. The van der Waals surface area contributed by atoms with Crippen LogP contribution in [0.3, 0.4) is 0 Å². The zero-order chi connectivity index (χ0) is 20.7. The third kappa shape index (κ3) is 5.38. The number of hydrogen-bond acceptors (Lipinski definition) is 7. The lowest BCUT2D eigenvalue weighted by Crippen LogP contribution is -2.34. The molecule has 0 bridgehead atoms. The first-order valence-electron chi connectivity index (χ1n) is 8.89. The fourth-order valence-electron chi connectivity index (χ4n) is 2.72. The second kappa shape index (κ2) is 9.62. The number of benzene rings is 2. The highest BCUT2D eigenvalue weighted by Gasteiger charge is 2.18. The topological polar surface area (TPSA) is 109 Å². The van der Waals surface area contributed by atoms with Crippen LogP contribution in [0.15, 0.2) is 42.5 Å². The summed E-state index contributed by atoms with van der Waals surface area (Å²) in [5.74, 6) is 0.104. The Morgan fingerprint density at radius 1 is 1.25 bits per heavy atom. The van der Waals surface area contributed by atoms with Crippen molar-refractivity contribution in [2.75, 3.05) is 30.9 Å². The van der Waals surface area contributed by atoms with Crippen molar-refractivity contribution in [1.82, 2.24) is 0 Å². The number of carbonyl (C=O) groups is 1. The molecule has 0 aliphatic carbocycles. The summed E-state index contributed by atoms with van der Waals surface area (Å²) in [5, 5.41) is 19.8. The Morgan fingerprint density at radius 3 is 2.50 bits per heavy atom. The van der Waals surface area contributed by atoms with Gasteiger partial charge < -0.3 is 25.2 Å². The van der Waals surface area contributed by atoms with Gasteiger partial charge in [-0.15, -0.1) is 0 Å². The average molecular weight is 383 g/mol. The van der Waals surface area contributed by atoms with Gasteiger partial charge in [-0.25, -0.2) is 4.79 Å². The third-order valence-electron chi connectivity index (χ3n) is 4.33. The maximum atomic E-state index is 11.2. The number of nitriles is 1. The highest BCUT2D eigenvalue weighted by atomic mass is 16.6. The van der Waals surface area contributed by atoms with E-state index in [9.17, 15) is 9.90 Å². The van der Waals surface area contributed by atoms with Crippen LogP contribution in [0.4, 0.5) is 11.4 Å². The second-order valence-electron chi connectivity index (χ2n) is 6.58. The zero-order valence-corrected chi connectivity index (χ0v) is 16.3. The summed E-state index contributed by atoms with van der Waals surface area (Å²) in [5.41, 5.74) is 8.02. The van der Waals surface area contributed by atoms with E-state index in [1.165, 1.54) is 7.11 Å². The van der Waals surface area contributed by atoms with Crippen LogP contribution in [0.5, 0.6) is 5.75 Å². The van der Waals surface area contributed by atoms with Crippen molar-refractivity contribution in [3.63, 3.8) is 0 Å². The Kier molecular flexibility index (Phi) is 7.24. The number of esters is 1. The number of anilines is 2. The Morgan fingerprint density at radius 2 is 1.93 bits per heavy atom. The first kappa shape index (κ1) is 21.1. The Bertz CT molecular complexity index is 844.